The number of rotatable bonds is 1. The fourth-order valence-electron chi connectivity index (χ4n) is 2.82. The Balaban J connectivity index is 2.16. The zero-order chi connectivity index (χ0) is 12.8. The fraction of sp³-hybridized carbons (Fsp3) is 0.312. The van der Waals surface area contributed by atoms with Crippen LogP contribution in [0.25, 0.3) is 0 Å². The van der Waals surface area contributed by atoms with Gasteiger partial charge in [0.15, 0.2) is 0 Å². The van der Waals surface area contributed by atoms with E-state index in [2.05, 4.69) is 30.1 Å². The first-order chi connectivity index (χ1) is 8.59. The van der Waals surface area contributed by atoms with Crippen LogP contribution in [-0.2, 0) is 12.0 Å². The standard InChI is InChI=1S/C16H17NO/c1-11-3-4-13-5-6-16(18,15(13)8-11)14-7-12(2)9-17-10-14/h3-4,7-10,18H,5-6H2,1-2H3. The van der Waals surface area contributed by atoms with Crippen LogP contribution in [0.5, 0.6) is 0 Å². The van der Waals surface area contributed by atoms with Crippen molar-refractivity contribution < 1.29 is 5.11 Å². The molecular formula is C16H17NO. The lowest BCUT2D eigenvalue weighted by Crippen LogP contribution is -2.24. The van der Waals surface area contributed by atoms with E-state index in [0.29, 0.717) is 0 Å². The van der Waals surface area contributed by atoms with E-state index >= 15 is 0 Å². The topological polar surface area (TPSA) is 33.1 Å². The lowest BCUT2D eigenvalue weighted by molar-refractivity contribution is 0.0824. The van der Waals surface area contributed by atoms with Crippen LogP contribution < -0.4 is 0 Å². The summed E-state index contributed by atoms with van der Waals surface area (Å²) in [6.07, 6.45) is 5.28. The molecule has 92 valence electrons. The maximum atomic E-state index is 11.0. The molecule has 2 aromatic rings. The lowest BCUT2D eigenvalue weighted by Gasteiger charge is -2.25. The van der Waals surface area contributed by atoms with Crippen molar-refractivity contribution >= 4 is 0 Å². The molecule has 1 aliphatic rings. The first-order valence-corrected chi connectivity index (χ1v) is 6.34. The first kappa shape index (κ1) is 11.4. The van der Waals surface area contributed by atoms with Crippen molar-refractivity contribution in [3.8, 4) is 0 Å². The summed E-state index contributed by atoms with van der Waals surface area (Å²) in [6, 6.07) is 8.38. The van der Waals surface area contributed by atoms with Crippen LogP contribution in [0, 0.1) is 13.8 Å². The van der Waals surface area contributed by atoms with Crippen molar-refractivity contribution in [3.63, 3.8) is 0 Å². The zero-order valence-electron chi connectivity index (χ0n) is 10.8. The summed E-state index contributed by atoms with van der Waals surface area (Å²) in [7, 11) is 0. The van der Waals surface area contributed by atoms with Crippen molar-refractivity contribution in [2.24, 2.45) is 0 Å². The van der Waals surface area contributed by atoms with Crippen LogP contribution in [-0.4, -0.2) is 10.1 Å². The Morgan fingerprint density at radius 1 is 1.11 bits per heavy atom. The number of hydrogen-bond donors (Lipinski definition) is 1. The van der Waals surface area contributed by atoms with E-state index in [1.54, 1.807) is 6.20 Å². The van der Waals surface area contributed by atoms with Crippen LogP contribution in [0.3, 0.4) is 0 Å². The summed E-state index contributed by atoms with van der Waals surface area (Å²) >= 11 is 0. The number of nitrogens with zero attached hydrogens (tertiary/aromatic N) is 1. The molecule has 0 spiro atoms. The van der Waals surface area contributed by atoms with E-state index in [1.165, 1.54) is 11.1 Å². The minimum Gasteiger partial charge on any atom is -0.380 e. The van der Waals surface area contributed by atoms with E-state index in [-0.39, 0.29) is 0 Å². The number of benzene rings is 1. The molecule has 1 heterocycles. The van der Waals surface area contributed by atoms with E-state index in [4.69, 9.17) is 0 Å². The number of aryl methyl sites for hydroxylation is 3. The van der Waals surface area contributed by atoms with E-state index < -0.39 is 5.60 Å². The third-order valence-electron chi connectivity index (χ3n) is 3.82. The quantitative estimate of drug-likeness (QED) is 0.830. The van der Waals surface area contributed by atoms with Crippen LogP contribution in [0.15, 0.2) is 36.7 Å². The maximum Gasteiger partial charge on any atom is 0.117 e. The minimum atomic E-state index is -0.861. The highest BCUT2D eigenvalue weighted by molar-refractivity contribution is 5.46. The van der Waals surface area contributed by atoms with Crippen LogP contribution in [0.2, 0.25) is 0 Å². The van der Waals surface area contributed by atoms with Gasteiger partial charge in [0.2, 0.25) is 0 Å². The Hall–Kier alpha value is -1.67. The van der Waals surface area contributed by atoms with Gasteiger partial charge in [-0.1, -0.05) is 23.8 Å². The second kappa shape index (κ2) is 3.92. The van der Waals surface area contributed by atoms with Crippen molar-refractivity contribution in [1.82, 2.24) is 4.98 Å². The van der Waals surface area contributed by atoms with Gasteiger partial charge in [0, 0.05) is 18.0 Å². The zero-order valence-corrected chi connectivity index (χ0v) is 10.8. The molecule has 0 amide bonds. The SMILES string of the molecule is Cc1cncc(C2(O)CCc3ccc(C)cc32)c1. The number of aliphatic hydroxyl groups is 1. The third-order valence-corrected chi connectivity index (χ3v) is 3.82. The van der Waals surface area contributed by atoms with Gasteiger partial charge < -0.3 is 5.11 Å². The normalized spacial score (nSPS) is 21.9. The van der Waals surface area contributed by atoms with Gasteiger partial charge in [-0.05, 0) is 49.4 Å². The van der Waals surface area contributed by atoms with Crippen molar-refractivity contribution in [1.29, 1.82) is 0 Å². The number of aromatic nitrogens is 1. The molecule has 3 rings (SSSR count). The molecule has 0 bridgehead atoms. The Bertz CT molecular complexity index is 606. The van der Waals surface area contributed by atoms with E-state index in [9.17, 15) is 5.11 Å². The first-order valence-electron chi connectivity index (χ1n) is 6.34. The molecule has 0 saturated heterocycles. The van der Waals surface area contributed by atoms with Gasteiger partial charge in [0.1, 0.15) is 5.60 Å². The van der Waals surface area contributed by atoms with Crippen molar-refractivity contribution in [2.75, 3.05) is 0 Å². The molecule has 1 atom stereocenters. The summed E-state index contributed by atoms with van der Waals surface area (Å²) in [4.78, 5) is 4.21. The summed E-state index contributed by atoms with van der Waals surface area (Å²) in [5, 5.41) is 11.0. The highest BCUT2D eigenvalue weighted by Gasteiger charge is 2.38. The highest BCUT2D eigenvalue weighted by atomic mass is 16.3. The molecular weight excluding hydrogens is 222 g/mol. The van der Waals surface area contributed by atoms with Crippen molar-refractivity contribution in [2.45, 2.75) is 32.3 Å². The Labute approximate surface area is 107 Å². The average Bonchev–Trinajstić information content (AvgIpc) is 2.68. The molecule has 0 radical (unpaired) electrons. The Kier molecular flexibility index (Phi) is 2.49. The van der Waals surface area contributed by atoms with Gasteiger partial charge >= 0.3 is 0 Å². The number of fused-ring (bicyclic) bond motifs is 1. The van der Waals surface area contributed by atoms with E-state index in [0.717, 1.165) is 29.5 Å². The highest BCUT2D eigenvalue weighted by Crippen LogP contribution is 2.42. The number of hydrogen-bond acceptors (Lipinski definition) is 2. The summed E-state index contributed by atoms with van der Waals surface area (Å²) < 4.78 is 0. The molecule has 18 heavy (non-hydrogen) atoms. The maximum absolute atomic E-state index is 11.0. The summed E-state index contributed by atoms with van der Waals surface area (Å²) in [5.41, 5.74) is 4.63. The molecule has 0 fully saturated rings. The molecule has 2 nitrogen and oxygen atoms in total. The molecule has 1 aromatic carbocycles. The van der Waals surface area contributed by atoms with Crippen LogP contribution in [0.1, 0.15) is 34.2 Å². The third kappa shape index (κ3) is 1.65. The van der Waals surface area contributed by atoms with Gasteiger partial charge in [-0.15, -0.1) is 0 Å². The molecule has 1 N–H and O–H groups in total. The molecule has 1 aromatic heterocycles. The molecule has 2 heteroatoms. The van der Waals surface area contributed by atoms with Gasteiger partial charge in [0.05, 0.1) is 0 Å². The van der Waals surface area contributed by atoms with Gasteiger partial charge in [-0.3, -0.25) is 4.98 Å². The Morgan fingerprint density at radius 2 is 1.94 bits per heavy atom. The van der Waals surface area contributed by atoms with Crippen LogP contribution >= 0.6 is 0 Å². The lowest BCUT2D eigenvalue weighted by atomic mass is 9.88. The Morgan fingerprint density at radius 3 is 2.72 bits per heavy atom. The predicted molar refractivity (Wildman–Crippen MR) is 71.5 cm³/mol. The molecule has 1 unspecified atom stereocenters. The minimum absolute atomic E-state index is 0.747. The molecule has 0 saturated carbocycles. The van der Waals surface area contributed by atoms with Crippen LogP contribution in [0.4, 0.5) is 0 Å². The fourth-order valence-corrected chi connectivity index (χ4v) is 2.82. The average molecular weight is 239 g/mol. The number of pyridine rings is 1. The second-order valence-electron chi connectivity index (χ2n) is 5.27. The largest absolute Gasteiger partial charge is 0.380 e. The smallest absolute Gasteiger partial charge is 0.117 e. The monoisotopic (exact) mass is 239 g/mol. The molecule has 1 aliphatic carbocycles. The second-order valence-corrected chi connectivity index (χ2v) is 5.27. The summed E-state index contributed by atoms with van der Waals surface area (Å²) in [5.74, 6) is 0. The predicted octanol–water partition coefficient (Wildman–Crippen LogP) is 2.88. The van der Waals surface area contributed by atoms with Gasteiger partial charge in [0.25, 0.3) is 0 Å². The van der Waals surface area contributed by atoms with Gasteiger partial charge in [-0.25, -0.2) is 0 Å². The van der Waals surface area contributed by atoms with E-state index in [1.807, 2.05) is 19.2 Å². The van der Waals surface area contributed by atoms with Gasteiger partial charge in [-0.2, -0.15) is 0 Å². The summed E-state index contributed by atoms with van der Waals surface area (Å²) in [6.45, 7) is 4.07. The molecule has 0 aliphatic heterocycles. The van der Waals surface area contributed by atoms with Crippen molar-refractivity contribution in [3.05, 3.63) is 64.5 Å².